The maximum absolute atomic E-state index is 13.5. The molecule has 0 bridgehead atoms. The van der Waals surface area contributed by atoms with Crippen molar-refractivity contribution in [2.24, 2.45) is 5.92 Å². The van der Waals surface area contributed by atoms with E-state index in [4.69, 9.17) is 0 Å². The predicted octanol–water partition coefficient (Wildman–Crippen LogP) is 2.91. The summed E-state index contributed by atoms with van der Waals surface area (Å²) in [6, 6.07) is 7.96. The first-order valence-corrected chi connectivity index (χ1v) is 11.7. The zero-order chi connectivity index (χ0) is 24.2. The minimum atomic E-state index is -1.09. The van der Waals surface area contributed by atoms with Crippen molar-refractivity contribution in [1.82, 2.24) is 25.1 Å². The first-order chi connectivity index (χ1) is 15.7. The molecule has 8 nitrogen and oxygen atoms in total. The molecule has 33 heavy (non-hydrogen) atoms. The van der Waals surface area contributed by atoms with Crippen LogP contribution in [0.2, 0.25) is 0 Å². The molecule has 0 aliphatic carbocycles. The molecule has 3 rings (SSSR count). The molecule has 1 aliphatic rings. The van der Waals surface area contributed by atoms with E-state index in [-0.39, 0.29) is 35.7 Å². The zero-order valence-corrected chi connectivity index (χ0v) is 20.3. The molecule has 2 N–H and O–H groups in total. The quantitative estimate of drug-likeness (QED) is 0.610. The van der Waals surface area contributed by atoms with Gasteiger partial charge in [-0.3, -0.25) is 14.4 Å². The molecule has 2 aromatic rings. The van der Waals surface area contributed by atoms with Gasteiger partial charge < -0.3 is 20.1 Å². The van der Waals surface area contributed by atoms with Crippen molar-refractivity contribution in [3.05, 3.63) is 53.1 Å². The van der Waals surface area contributed by atoms with Gasteiger partial charge in [-0.25, -0.2) is 4.98 Å². The number of imidazole rings is 1. The number of rotatable bonds is 9. The van der Waals surface area contributed by atoms with Crippen LogP contribution in [0.3, 0.4) is 0 Å². The largest absolute Gasteiger partial charge is 0.351 e. The van der Waals surface area contributed by atoms with Gasteiger partial charge in [0.1, 0.15) is 11.2 Å². The number of carbonyl (C=O) groups is 3. The summed E-state index contributed by atoms with van der Waals surface area (Å²) < 4.78 is 1.64. The third kappa shape index (κ3) is 5.26. The molecule has 0 radical (unpaired) electrons. The maximum Gasteiger partial charge on any atom is 0.273 e. The highest BCUT2D eigenvalue weighted by atomic mass is 16.2. The molecule has 1 aromatic carbocycles. The zero-order valence-electron chi connectivity index (χ0n) is 20.3. The number of aryl methyl sites for hydroxylation is 1. The summed E-state index contributed by atoms with van der Waals surface area (Å²) in [7, 11) is 0. The number of amides is 3. The Morgan fingerprint density at radius 3 is 2.52 bits per heavy atom. The first kappa shape index (κ1) is 24.5. The second-order valence-electron chi connectivity index (χ2n) is 9.41. The van der Waals surface area contributed by atoms with E-state index in [1.165, 1.54) is 6.33 Å². The molecular weight excluding hydrogens is 418 g/mol. The second kappa shape index (κ2) is 10.2. The molecule has 0 unspecified atom stereocenters. The van der Waals surface area contributed by atoms with Crippen LogP contribution in [0.5, 0.6) is 0 Å². The number of nitrogens with one attached hydrogen (secondary N) is 2. The van der Waals surface area contributed by atoms with Gasteiger partial charge in [0.25, 0.3) is 11.8 Å². The Labute approximate surface area is 195 Å². The van der Waals surface area contributed by atoms with Crippen LogP contribution in [-0.4, -0.2) is 50.8 Å². The Kier molecular flexibility index (Phi) is 7.56. The van der Waals surface area contributed by atoms with Gasteiger partial charge in [-0.2, -0.15) is 0 Å². The fraction of sp³-hybridized carbons (Fsp3) is 0.520. The lowest BCUT2D eigenvalue weighted by molar-refractivity contribution is -0.133. The number of benzene rings is 1. The molecule has 1 aromatic heterocycles. The molecule has 3 amide bonds. The lowest BCUT2D eigenvalue weighted by Gasteiger charge is -2.43. The molecule has 0 saturated heterocycles. The Bertz CT molecular complexity index is 1010. The summed E-state index contributed by atoms with van der Waals surface area (Å²) in [6.07, 6.45) is 3.02. The van der Waals surface area contributed by atoms with Gasteiger partial charge in [-0.15, -0.1) is 0 Å². The van der Waals surface area contributed by atoms with E-state index in [2.05, 4.69) is 29.5 Å². The van der Waals surface area contributed by atoms with Gasteiger partial charge >= 0.3 is 0 Å². The predicted molar refractivity (Wildman–Crippen MR) is 127 cm³/mol. The van der Waals surface area contributed by atoms with E-state index in [1.807, 2.05) is 38.1 Å². The first-order valence-electron chi connectivity index (χ1n) is 11.7. The van der Waals surface area contributed by atoms with Crippen molar-refractivity contribution in [3.63, 3.8) is 0 Å². The Morgan fingerprint density at radius 1 is 1.18 bits per heavy atom. The molecule has 0 fully saturated rings. The summed E-state index contributed by atoms with van der Waals surface area (Å²) in [5, 5.41) is 5.85. The van der Waals surface area contributed by atoms with Crippen LogP contribution in [0, 0.1) is 12.8 Å². The summed E-state index contributed by atoms with van der Waals surface area (Å²) in [4.78, 5) is 45.4. The average molecular weight is 454 g/mol. The Morgan fingerprint density at radius 2 is 1.88 bits per heavy atom. The van der Waals surface area contributed by atoms with Crippen molar-refractivity contribution in [2.45, 2.75) is 66.1 Å². The Balaban J connectivity index is 1.81. The smallest absolute Gasteiger partial charge is 0.273 e. The van der Waals surface area contributed by atoms with Crippen LogP contribution in [-0.2, 0) is 17.9 Å². The molecule has 0 spiro atoms. The average Bonchev–Trinajstić information content (AvgIpc) is 3.19. The number of fused-ring (bicyclic) bond motifs is 1. The minimum absolute atomic E-state index is 0.118. The number of nitrogens with zero attached hydrogens (tertiary/aromatic N) is 3. The summed E-state index contributed by atoms with van der Waals surface area (Å²) in [6.45, 7) is 11.5. The highest BCUT2D eigenvalue weighted by Gasteiger charge is 2.48. The van der Waals surface area contributed by atoms with Gasteiger partial charge in [0.15, 0.2) is 5.69 Å². The van der Waals surface area contributed by atoms with Crippen LogP contribution in [0.4, 0.5) is 0 Å². The third-order valence-electron chi connectivity index (χ3n) is 6.09. The fourth-order valence-electron chi connectivity index (χ4n) is 4.06. The van der Waals surface area contributed by atoms with E-state index in [1.54, 1.807) is 16.4 Å². The molecule has 8 heteroatoms. The molecule has 2 heterocycles. The molecule has 0 saturated carbocycles. The monoisotopic (exact) mass is 453 g/mol. The van der Waals surface area contributed by atoms with Crippen LogP contribution in [0.1, 0.15) is 72.6 Å². The fourth-order valence-corrected chi connectivity index (χ4v) is 4.06. The number of carbonyl (C=O) groups excluding carboxylic acids is 3. The number of aromatic nitrogens is 2. The Hall–Kier alpha value is -3.16. The van der Waals surface area contributed by atoms with E-state index in [0.29, 0.717) is 32.0 Å². The van der Waals surface area contributed by atoms with Crippen molar-refractivity contribution in [2.75, 3.05) is 13.1 Å². The van der Waals surface area contributed by atoms with Gasteiger partial charge in [0.05, 0.1) is 12.9 Å². The molecule has 1 atom stereocenters. The van der Waals surface area contributed by atoms with E-state index in [0.717, 1.165) is 17.5 Å². The molecular formula is C25H35N5O3. The SMILES string of the molecule is CCCN1C(=O)c2c(C(=O)NCCC(C)C)ncn2C[C@]1(C)C(=O)NCc1ccc(C)cc1. The van der Waals surface area contributed by atoms with Gasteiger partial charge in [0, 0.05) is 19.6 Å². The van der Waals surface area contributed by atoms with E-state index < -0.39 is 5.54 Å². The molecule has 1 aliphatic heterocycles. The van der Waals surface area contributed by atoms with Gasteiger partial charge in [-0.05, 0) is 38.2 Å². The highest BCUT2D eigenvalue weighted by molar-refractivity contribution is 6.07. The molecule has 178 valence electrons. The van der Waals surface area contributed by atoms with Crippen LogP contribution < -0.4 is 10.6 Å². The van der Waals surface area contributed by atoms with Crippen LogP contribution in [0.25, 0.3) is 0 Å². The third-order valence-corrected chi connectivity index (χ3v) is 6.09. The van der Waals surface area contributed by atoms with Crippen molar-refractivity contribution >= 4 is 17.7 Å². The lowest BCUT2D eigenvalue weighted by Crippen LogP contribution is -2.64. The lowest BCUT2D eigenvalue weighted by atomic mass is 9.93. The van der Waals surface area contributed by atoms with Gasteiger partial charge in [-0.1, -0.05) is 50.6 Å². The standard InChI is InChI=1S/C25H35N5O3/c1-6-13-30-23(32)21-20(22(31)26-12-11-17(2)3)28-16-29(21)15-25(30,5)24(33)27-14-19-9-7-18(4)8-10-19/h7-10,16-17H,6,11-15H2,1-5H3,(H,26,31)(H,27,33)/t25-/m1/s1. The second-order valence-corrected chi connectivity index (χ2v) is 9.41. The minimum Gasteiger partial charge on any atom is -0.351 e. The van der Waals surface area contributed by atoms with Crippen molar-refractivity contribution < 1.29 is 14.4 Å². The van der Waals surface area contributed by atoms with Crippen LogP contribution in [0.15, 0.2) is 30.6 Å². The van der Waals surface area contributed by atoms with E-state index in [9.17, 15) is 14.4 Å². The number of hydrogen-bond donors (Lipinski definition) is 2. The number of hydrogen-bond acceptors (Lipinski definition) is 4. The van der Waals surface area contributed by atoms with Crippen molar-refractivity contribution in [3.8, 4) is 0 Å². The highest BCUT2D eigenvalue weighted by Crippen LogP contribution is 2.29. The van der Waals surface area contributed by atoms with Gasteiger partial charge in [0.2, 0.25) is 5.91 Å². The van der Waals surface area contributed by atoms with Crippen molar-refractivity contribution in [1.29, 1.82) is 0 Å². The maximum atomic E-state index is 13.5. The summed E-state index contributed by atoms with van der Waals surface area (Å²) in [5.74, 6) is -0.474. The summed E-state index contributed by atoms with van der Waals surface area (Å²) >= 11 is 0. The van der Waals surface area contributed by atoms with Crippen LogP contribution >= 0.6 is 0 Å². The van der Waals surface area contributed by atoms with E-state index >= 15 is 0 Å². The summed E-state index contributed by atoms with van der Waals surface area (Å²) in [5.41, 5.74) is 1.42. The topological polar surface area (TPSA) is 96.3 Å². The normalized spacial score (nSPS) is 17.8.